The van der Waals surface area contributed by atoms with Gasteiger partial charge in [-0.25, -0.2) is 8.42 Å². The molecule has 1 aliphatic heterocycles. The van der Waals surface area contributed by atoms with Crippen LogP contribution in [-0.4, -0.2) is 39.0 Å². The summed E-state index contributed by atoms with van der Waals surface area (Å²) in [6.07, 6.45) is 6.35. The summed E-state index contributed by atoms with van der Waals surface area (Å²) in [6.45, 7) is 0. The Balaban J connectivity index is 0.000000177. The molecule has 3 atom stereocenters. The number of hydrogen-bond acceptors (Lipinski definition) is 5. The van der Waals surface area contributed by atoms with Crippen molar-refractivity contribution in [3.63, 3.8) is 0 Å². The summed E-state index contributed by atoms with van der Waals surface area (Å²) in [6, 6.07) is 0. The molecule has 2 bridgehead atoms. The minimum Gasteiger partial charge on any atom is -0.741 e. The largest absolute Gasteiger partial charge is 0.741 e. The third kappa shape index (κ3) is 4.86. The molecule has 0 aromatic carbocycles. The van der Waals surface area contributed by atoms with Gasteiger partial charge in [-0.05, 0) is 31.6 Å². The summed E-state index contributed by atoms with van der Waals surface area (Å²) >= 11 is 4.39. The monoisotopic (exact) mass is 382 g/mol. The summed E-state index contributed by atoms with van der Waals surface area (Å²) in [5.74, 6) is 2.31. The Labute approximate surface area is 134 Å². The van der Waals surface area contributed by atoms with Crippen molar-refractivity contribution in [1.29, 1.82) is 0 Å². The maximum absolute atomic E-state index is 10.7. The van der Waals surface area contributed by atoms with Crippen LogP contribution in [-0.2, 0) is 21.0 Å². The molecule has 1 saturated heterocycles. The van der Waals surface area contributed by atoms with Gasteiger partial charge in [0, 0.05) is 21.9 Å². The molecular formula is C11H17F3O3S4. The fourth-order valence-corrected chi connectivity index (χ4v) is 10.7. The minimum atomic E-state index is -6.09. The summed E-state index contributed by atoms with van der Waals surface area (Å²) in [5.41, 5.74) is -5.65. The molecule has 3 fully saturated rings. The normalized spacial score (nSPS) is 33.6. The van der Waals surface area contributed by atoms with Crippen LogP contribution in [0.4, 0.5) is 13.2 Å². The maximum Gasteiger partial charge on any atom is 0.485 e. The van der Waals surface area contributed by atoms with E-state index >= 15 is 0 Å². The zero-order valence-corrected chi connectivity index (χ0v) is 14.4. The Morgan fingerprint density at radius 3 is 2.05 bits per heavy atom. The van der Waals surface area contributed by atoms with E-state index < -0.39 is 15.6 Å². The van der Waals surface area contributed by atoms with Crippen LogP contribution in [0.3, 0.4) is 0 Å². The Morgan fingerprint density at radius 2 is 1.67 bits per heavy atom. The summed E-state index contributed by atoms with van der Waals surface area (Å²) in [5, 5.41) is 5.53. The van der Waals surface area contributed by atoms with E-state index in [1.165, 1.54) is 20.5 Å². The van der Waals surface area contributed by atoms with Gasteiger partial charge in [-0.3, -0.25) is 0 Å². The average Bonchev–Trinajstić information content (AvgIpc) is 3.00. The second kappa shape index (κ2) is 7.11. The molecule has 0 aromatic heterocycles. The third-order valence-electron chi connectivity index (χ3n) is 4.02. The summed E-state index contributed by atoms with van der Waals surface area (Å²) < 4.78 is 58.9. The summed E-state index contributed by atoms with van der Waals surface area (Å²) in [7, 11) is -5.28. The fraction of sp³-hybridized carbons (Fsp3) is 1.00. The van der Waals surface area contributed by atoms with Crippen molar-refractivity contribution in [1.82, 2.24) is 0 Å². The number of alkyl halides is 3. The van der Waals surface area contributed by atoms with Gasteiger partial charge in [0.1, 0.15) is 5.25 Å². The molecule has 3 nitrogen and oxygen atoms in total. The van der Waals surface area contributed by atoms with Crippen molar-refractivity contribution < 1.29 is 26.1 Å². The molecule has 2 saturated carbocycles. The van der Waals surface area contributed by atoms with Crippen molar-refractivity contribution in [2.75, 3.05) is 15.3 Å². The second-order valence-electron chi connectivity index (χ2n) is 5.41. The van der Waals surface area contributed by atoms with Crippen LogP contribution in [0.25, 0.3) is 0 Å². The Hall–Kier alpha value is 0.750. The molecule has 3 rings (SSSR count). The molecule has 0 amide bonds. The zero-order valence-electron chi connectivity index (χ0n) is 11.2. The maximum atomic E-state index is 10.7. The van der Waals surface area contributed by atoms with E-state index in [9.17, 15) is 13.2 Å². The molecule has 0 aromatic rings. The van der Waals surface area contributed by atoms with Gasteiger partial charge < -0.3 is 4.55 Å². The lowest BCUT2D eigenvalue weighted by molar-refractivity contribution is -0.0517. The number of fused-ring (bicyclic) bond motifs is 2. The van der Waals surface area contributed by atoms with Gasteiger partial charge in [0.2, 0.25) is 0 Å². The van der Waals surface area contributed by atoms with E-state index in [1.54, 1.807) is 25.7 Å². The van der Waals surface area contributed by atoms with Gasteiger partial charge in [-0.15, -0.1) is 0 Å². The first-order valence-corrected chi connectivity index (χ1v) is 11.9. The highest BCUT2D eigenvalue weighted by Crippen LogP contribution is 2.49. The summed E-state index contributed by atoms with van der Waals surface area (Å²) in [4.78, 5) is 0. The Morgan fingerprint density at radius 1 is 1.10 bits per heavy atom. The standard InChI is InChI=1S/C10H17S3.CHF3O3S/c1-2-9-3-8(1)4-10(9)13-6-11-5-12-7-13;2-1(3,4)8(5,6)7/h8-10H,1-7H2;(H,5,6,7)/q+1;/p-1. The topological polar surface area (TPSA) is 57.2 Å². The van der Waals surface area contributed by atoms with Crippen molar-refractivity contribution in [3.8, 4) is 0 Å². The van der Waals surface area contributed by atoms with Crippen LogP contribution < -0.4 is 0 Å². The molecule has 0 radical (unpaired) electrons. The molecule has 0 N–H and O–H groups in total. The predicted octanol–water partition coefficient (Wildman–Crippen LogP) is 3.20. The number of halogens is 3. The fourth-order valence-electron chi connectivity index (χ4n) is 3.14. The minimum absolute atomic E-state index is 0.806. The first-order chi connectivity index (χ1) is 9.68. The van der Waals surface area contributed by atoms with Crippen LogP contribution in [0, 0.1) is 11.8 Å². The number of hydrogen-bond donors (Lipinski definition) is 0. The van der Waals surface area contributed by atoms with E-state index in [0.29, 0.717) is 0 Å². The molecular weight excluding hydrogens is 365 g/mol. The predicted molar refractivity (Wildman–Crippen MR) is 82.1 cm³/mol. The molecule has 3 aliphatic rings. The number of thioether (sulfide) groups is 2. The molecule has 0 spiro atoms. The lowest BCUT2D eigenvalue weighted by Gasteiger charge is -2.24. The van der Waals surface area contributed by atoms with Crippen molar-refractivity contribution in [3.05, 3.63) is 0 Å². The van der Waals surface area contributed by atoms with Gasteiger partial charge in [0.25, 0.3) is 0 Å². The molecule has 3 unspecified atom stereocenters. The SMILES string of the molecule is C1SC[S+](C2CC3CCC2C3)CS1.O=S(=O)([O-])C(F)(F)F. The average molecular weight is 383 g/mol. The van der Waals surface area contributed by atoms with E-state index in [0.717, 1.165) is 22.7 Å². The second-order valence-corrected chi connectivity index (χ2v) is 12.1. The first kappa shape index (κ1) is 18.1. The van der Waals surface area contributed by atoms with Gasteiger partial charge >= 0.3 is 5.51 Å². The highest BCUT2D eigenvalue weighted by molar-refractivity contribution is 8.30. The van der Waals surface area contributed by atoms with Gasteiger partial charge in [-0.1, -0.05) is 23.5 Å². The zero-order chi connectivity index (χ0) is 15.7. The van der Waals surface area contributed by atoms with Crippen LogP contribution in [0.1, 0.15) is 25.7 Å². The molecule has 21 heavy (non-hydrogen) atoms. The van der Waals surface area contributed by atoms with Gasteiger partial charge in [0.05, 0.1) is 0 Å². The Kier molecular flexibility index (Phi) is 6.12. The van der Waals surface area contributed by atoms with E-state index in [2.05, 4.69) is 23.5 Å². The molecule has 1 heterocycles. The smallest absolute Gasteiger partial charge is 0.485 e. The van der Waals surface area contributed by atoms with Crippen LogP contribution >= 0.6 is 23.5 Å². The van der Waals surface area contributed by atoms with E-state index in [4.69, 9.17) is 13.0 Å². The van der Waals surface area contributed by atoms with Crippen molar-refractivity contribution in [2.24, 2.45) is 11.8 Å². The van der Waals surface area contributed by atoms with Crippen LogP contribution in [0.5, 0.6) is 0 Å². The van der Waals surface area contributed by atoms with Gasteiger partial charge in [0.15, 0.2) is 20.3 Å². The van der Waals surface area contributed by atoms with Gasteiger partial charge in [-0.2, -0.15) is 13.2 Å². The first-order valence-electron chi connectivity index (χ1n) is 6.52. The Bertz CT molecular complexity index is 448. The van der Waals surface area contributed by atoms with Crippen molar-refractivity contribution in [2.45, 2.75) is 36.4 Å². The van der Waals surface area contributed by atoms with Crippen LogP contribution in [0.15, 0.2) is 0 Å². The van der Waals surface area contributed by atoms with E-state index in [-0.39, 0.29) is 0 Å². The quantitative estimate of drug-likeness (QED) is 0.396. The highest BCUT2D eigenvalue weighted by atomic mass is 32.3. The highest BCUT2D eigenvalue weighted by Gasteiger charge is 2.48. The van der Waals surface area contributed by atoms with E-state index in [1.807, 2.05) is 0 Å². The lowest BCUT2D eigenvalue weighted by atomic mass is 10.0. The molecule has 10 heteroatoms. The van der Waals surface area contributed by atoms with Crippen molar-refractivity contribution >= 4 is 44.5 Å². The molecule has 124 valence electrons. The number of rotatable bonds is 1. The van der Waals surface area contributed by atoms with Crippen LogP contribution in [0.2, 0.25) is 0 Å². The molecule has 2 aliphatic carbocycles. The third-order valence-corrected chi connectivity index (χ3v) is 11.1. The lowest BCUT2D eigenvalue weighted by Crippen LogP contribution is -2.31.